The number of nitrogens with one attached hydrogen (secondary N) is 1. The van der Waals surface area contributed by atoms with Gasteiger partial charge in [-0.3, -0.25) is 9.59 Å². The van der Waals surface area contributed by atoms with Gasteiger partial charge in [-0.25, -0.2) is 0 Å². The third kappa shape index (κ3) is 4.23. The average Bonchev–Trinajstić information content (AvgIpc) is 3.03. The van der Waals surface area contributed by atoms with Gasteiger partial charge in [-0.05, 0) is 58.0 Å². The summed E-state index contributed by atoms with van der Waals surface area (Å²) in [5.74, 6) is -0.0754. The van der Waals surface area contributed by atoms with E-state index in [9.17, 15) is 9.59 Å². The summed E-state index contributed by atoms with van der Waals surface area (Å²) in [6, 6.07) is 9.70. The van der Waals surface area contributed by atoms with E-state index in [1.165, 1.54) is 50.1 Å². The highest BCUT2D eigenvalue weighted by Gasteiger charge is 2.17. The minimum absolute atomic E-state index is 0.0161. The van der Waals surface area contributed by atoms with E-state index in [2.05, 4.69) is 10.2 Å². The molecule has 0 bridgehead atoms. The molecule has 29 heavy (non-hydrogen) atoms. The lowest BCUT2D eigenvalue weighted by Crippen LogP contribution is -2.30. The van der Waals surface area contributed by atoms with Crippen molar-refractivity contribution < 1.29 is 4.79 Å². The average molecular weight is 412 g/mol. The van der Waals surface area contributed by atoms with Crippen LogP contribution in [0.2, 0.25) is 0 Å². The first-order valence-electron chi connectivity index (χ1n) is 10.7. The summed E-state index contributed by atoms with van der Waals surface area (Å²) in [5, 5.41) is 4.73. The van der Waals surface area contributed by atoms with Crippen molar-refractivity contribution in [2.24, 2.45) is 0 Å². The molecule has 154 valence electrons. The maximum Gasteiger partial charge on any atom is 0.261 e. The van der Waals surface area contributed by atoms with Crippen LogP contribution in [-0.2, 0) is 6.54 Å². The third-order valence-electron chi connectivity index (χ3n) is 5.82. The van der Waals surface area contributed by atoms with Crippen molar-refractivity contribution in [3.05, 3.63) is 45.6 Å². The Morgan fingerprint density at radius 2 is 1.86 bits per heavy atom. The summed E-state index contributed by atoms with van der Waals surface area (Å²) in [4.78, 5) is 28.7. The molecule has 2 aromatic heterocycles. The van der Waals surface area contributed by atoms with Gasteiger partial charge in [0.05, 0.1) is 15.8 Å². The lowest BCUT2D eigenvalue weighted by Gasteiger charge is -2.19. The van der Waals surface area contributed by atoms with Crippen LogP contribution in [0.4, 0.5) is 0 Å². The van der Waals surface area contributed by atoms with Gasteiger partial charge in [0.15, 0.2) is 0 Å². The van der Waals surface area contributed by atoms with Gasteiger partial charge < -0.3 is 14.8 Å². The Morgan fingerprint density at radius 3 is 2.62 bits per heavy atom. The molecule has 0 radical (unpaired) electrons. The molecule has 1 saturated heterocycles. The zero-order valence-corrected chi connectivity index (χ0v) is 17.9. The Hall–Kier alpha value is -2.18. The van der Waals surface area contributed by atoms with Crippen LogP contribution in [-0.4, -0.2) is 41.6 Å². The first kappa shape index (κ1) is 20.1. The lowest BCUT2D eigenvalue weighted by molar-refractivity contribution is 0.0956. The van der Waals surface area contributed by atoms with E-state index in [4.69, 9.17) is 0 Å². The number of fused-ring (bicyclic) bond motifs is 3. The van der Waals surface area contributed by atoms with E-state index in [0.717, 1.165) is 28.6 Å². The lowest BCUT2D eigenvalue weighted by atomic mass is 10.1. The molecule has 1 amide bonds. The number of thiophene rings is 1. The van der Waals surface area contributed by atoms with Gasteiger partial charge in [0, 0.05) is 23.2 Å². The first-order chi connectivity index (χ1) is 14.2. The summed E-state index contributed by atoms with van der Waals surface area (Å²) in [7, 11) is 0. The largest absolute Gasteiger partial charge is 0.351 e. The molecule has 3 aromatic rings. The monoisotopic (exact) mass is 411 g/mol. The van der Waals surface area contributed by atoms with E-state index >= 15 is 0 Å². The molecular formula is C23H29N3O2S. The topological polar surface area (TPSA) is 54.3 Å². The highest BCUT2D eigenvalue weighted by Crippen LogP contribution is 2.30. The molecule has 0 aliphatic carbocycles. The number of nitrogens with zero attached hydrogens (tertiary/aromatic N) is 2. The molecular weight excluding hydrogens is 382 g/mol. The summed E-state index contributed by atoms with van der Waals surface area (Å²) >= 11 is 1.42. The number of carbonyl (C=O) groups excluding carboxylic acids is 1. The van der Waals surface area contributed by atoms with E-state index in [0.29, 0.717) is 23.4 Å². The van der Waals surface area contributed by atoms with Crippen molar-refractivity contribution in [2.75, 3.05) is 26.2 Å². The van der Waals surface area contributed by atoms with E-state index in [1.807, 2.05) is 31.2 Å². The number of pyridine rings is 1. The fraction of sp³-hybridized carbons (Fsp3) is 0.478. The van der Waals surface area contributed by atoms with Gasteiger partial charge in [-0.2, -0.15) is 0 Å². The predicted octanol–water partition coefficient (Wildman–Crippen LogP) is 4.23. The van der Waals surface area contributed by atoms with Gasteiger partial charge >= 0.3 is 0 Å². The summed E-state index contributed by atoms with van der Waals surface area (Å²) < 4.78 is 2.69. The van der Waals surface area contributed by atoms with Crippen LogP contribution in [0, 0.1) is 0 Å². The summed E-state index contributed by atoms with van der Waals surface area (Å²) in [6.07, 6.45) is 6.22. The Balaban J connectivity index is 1.48. The van der Waals surface area contributed by atoms with E-state index in [1.54, 1.807) is 10.6 Å². The number of hydrogen-bond acceptors (Lipinski definition) is 4. The molecule has 0 unspecified atom stereocenters. The number of hydrogen-bond donors (Lipinski definition) is 1. The number of para-hydroxylation sites is 1. The Morgan fingerprint density at radius 1 is 1.10 bits per heavy atom. The van der Waals surface area contributed by atoms with Crippen molar-refractivity contribution in [2.45, 2.75) is 45.6 Å². The molecule has 6 heteroatoms. The van der Waals surface area contributed by atoms with Crippen LogP contribution in [0.3, 0.4) is 0 Å². The number of aromatic nitrogens is 1. The van der Waals surface area contributed by atoms with Crippen molar-refractivity contribution in [3.63, 3.8) is 0 Å². The second-order valence-electron chi connectivity index (χ2n) is 7.79. The number of likely N-dealkylation sites (tertiary alicyclic amines) is 1. The second kappa shape index (κ2) is 9.09. The maximum atomic E-state index is 12.9. The van der Waals surface area contributed by atoms with E-state index < -0.39 is 0 Å². The molecule has 4 rings (SSSR count). The number of rotatable bonds is 6. The SMILES string of the molecule is CCn1c(=O)c2cc(C(=O)NCCCN3CCCCCC3)sc2c2ccccc21. The predicted molar refractivity (Wildman–Crippen MR) is 121 cm³/mol. The molecule has 3 heterocycles. The molecule has 0 spiro atoms. The first-order valence-corrected chi connectivity index (χ1v) is 11.6. The fourth-order valence-corrected chi connectivity index (χ4v) is 5.38. The Kier molecular flexibility index (Phi) is 6.31. The summed E-state index contributed by atoms with van der Waals surface area (Å²) in [6.45, 7) is 6.66. The quantitative estimate of drug-likeness (QED) is 0.618. The second-order valence-corrected chi connectivity index (χ2v) is 8.84. The molecule has 1 aliphatic rings. The number of carbonyl (C=O) groups is 1. The highest BCUT2D eigenvalue weighted by atomic mass is 32.1. The Bertz CT molecular complexity index is 1060. The summed E-state index contributed by atoms with van der Waals surface area (Å²) in [5.41, 5.74) is 0.913. The van der Waals surface area contributed by atoms with Crippen LogP contribution in [0.25, 0.3) is 21.0 Å². The third-order valence-corrected chi connectivity index (χ3v) is 6.99. The molecule has 1 aromatic carbocycles. The minimum atomic E-state index is -0.0754. The van der Waals surface area contributed by atoms with Gasteiger partial charge in [-0.15, -0.1) is 11.3 Å². The molecule has 1 fully saturated rings. The van der Waals surface area contributed by atoms with Crippen LogP contribution >= 0.6 is 11.3 Å². The highest BCUT2D eigenvalue weighted by molar-refractivity contribution is 7.21. The van der Waals surface area contributed by atoms with Crippen molar-refractivity contribution in [3.8, 4) is 0 Å². The number of aryl methyl sites for hydroxylation is 1. The zero-order valence-electron chi connectivity index (χ0n) is 17.1. The van der Waals surface area contributed by atoms with Crippen molar-refractivity contribution in [1.82, 2.24) is 14.8 Å². The molecule has 1 aliphatic heterocycles. The standard InChI is InChI=1S/C23H29N3O2S/c1-2-26-19-11-6-5-10-17(19)21-18(23(26)28)16-20(29-21)22(27)24-12-9-15-25-13-7-3-4-8-14-25/h5-6,10-11,16H,2-4,7-9,12-15H2,1H3,(H,24,27). The van der Waals surface area contributed by atoms with Crippen LogP contribution in [0.15, 0.2) is 35.1 Å². The fourth-order valence-electron chi connectivity index (χ4n) is 4.28. The normalized spacial score (nSPS) is 15.6. The number of amides is 1. The van der Waals surface area contributed by atoms with Crippen molar-refractivity contribution in [1.29, 1.82) is 0 Å². The van der Waals surface area contributed by atoms with Crippen LogP contribution in [0.1, 0.15) is 48.7 Å². The van der Waals surface area contributed by atoms with E-state index in [-0.39, 0.29) is 11.5 Å². The number of benzene rings is 1. The van der Waals surface area contributed by atoms with Gasteiger partial charge in [0.2, 0.25) is 0 Å². The zero-order chi connectivity index (χ0) is 20.2. The Labute approximate surface area is 175 Å². The van der Waals surface area contributed by atoms with Gasteiger partial charge in [0.1, 0.15) is 0 Å². The van der Waals surface area contributed by atoms with Crippen LogP contribution in [0.5, 0.6) is 0 Å². The maximum absolute atomic E-state index is 12.9. The molecule has 0 saturated carbocycles. The smallest absolute Gasteiger partial charge is 0.261 e. The van der Waals surface area contributed by atoms with Crippen molar-refractivity contribution >= 4 is 38.2 Å². The molecule has 5 nitrogen and oxygen atoms in total. The molecule has 0 atom stereocenters. The van der Waals surface area contributed by atoms with Gasteiger partial charge in [0.25, 0.3) is 11.5 Å². The van der Waals surface area contributed by atoms with Crippen LogP contribution < -0.4 is 10.9 Å². The minimum Gasteiger partial charge on any atom is -0.351 e. The van der Waals surface area contributed by atoms with Gasteiger partial charge in [-0.1, -0.05) is 31.0 Å². The molecule has 1 N–H and O–H groups in total.